The first-order valence-corrected chi connectivity index (χ1v) is 15.3. The number of carbonyl (C=O) groups is 1. The van der Waals surface area contributed by atoms with E-state index >= 15 is 0 Å². The highest BCUT2D eigenvalue weighted by molar-refractivity contribution is 5.69. The van der Waals surface area contributed by atoms with E-state index in [1.165, 1.54) is 38.5 Å². The van der Waals surface area contributed by atoms with Crippen molar-refractivity contribution < 1.29 is 27.4 Å². The van der Waals surface area contributed by atoms with Gasteiger partial charge in [0.25, 0.3) is 0 Å². The van der Waals surface area contributed by atoms with Crippen molar-refractivity contribution in [3.8, 4) is 5.75 Å². The highest BCUT2D eigenvalue weighted by Gasteiger charge is 2.60. The molecule has 4 aliphatic rings. The second kappa shape index (κ2) is 10.9. The molecule has 1 aromatic carbocycles. The summed E-state index contributed by atoms with van der Waals surface area (Å²) in [7, 11) is 0. The average Bonchev–Trinajstić information content (AvgIpc) is 3.24. The quantitative estimate of drug-likeness (QED) is 0.261. The minimum atomic E-state index is -4.47. The van der Waals surface area contributed by atoms with E-state index in [0.717, 1.165) is 36.8 Å². The lowest BCUT2D eigenvalue weighted by atomic mass is 9.44. The number of nitrogen functional groups attached to an aromatic ring is 2. The van der Waals surface area contributed by atoms with Crippen molar-refractivity contribution in [2.24, 2.45) is 46.3 Å². The topological polar surface area (TPSA) is 87.6 Å². The van der Waals surface area contributed by atoms with E-state index in [1.807, 2.05) is 12.1 Å². The summed E-state index contributed by atoms with van der Waals surface area (Å²) in [5, 5.41) is 0. The van der Waals surface area contributed by atoms with Crippen LogP contribution in [-0.4, -0.2) is 24.9 Å². The predicted molar refractivity (Wildman–Crippen MR) is 150 cm³/mol. The van der Waals surface area contributed by atoms with Gasteiger partial charge in [0.2, 0.25) is 0 Å². The fourth-order valence-corrected chi connectivity index (χ4v) is 9.94. The molecule has 5 nitrogen and oxygen atoms in total. The number of halogens is 3. The van der Waals surface area contributed by atoms with Crippen LogP contribution < -0.4 is 16.2 Å². The van der Waals surface area contributed by atoms with Gasteiger partial charge in [-0.15, -0.1) is 0 Å². The Balaban J connectivity index is 1.19. The monoisotopic (exact) mass is 564 g/mol. The highest BCUT2D eigenvalue weighted by Crippen LogP contribution is 2.68. The van der Waals surface area contributed by atoms with Crippen LogP contribution in [0.25, 0.3) is 0 Å². The number of anilines is 2. The number of rotatable bonds is 7. The maximum absolute atomic E-state index is 12.4. The normalized spacial score (nSPS) is 38.0. The second-order valence-electron chi connectivity index (χ2n) is 14.0. The number of esters is 1. The molecule has 0 heterocycles. The first-order chi connectivity index (χ1) is 18.8. The van der Waals surface area contributed by atoms with Gasteiger partial charge in [-0.3, -0.25) is 4.79 Å². The van der Waals surface area contributed by atoms with E-state index in [-0.39, 0.29) is 17.9 Å². The lowest BCUT2D eigenvalue weighted by Gasteiger charge is -2.61. The largest absolute Gasteiger partial charge is 0.488 e. The molecular weight excluding hydrogens is 517 g/mol. The van der Waals surface area contributed by atoms with Gasteiger partial charge in [0.05, 0.1) is 11.8 Å². The Morgan fingerprint density at radius 1 is 1.02 bits per heavy atom. The van der Waals surface area contributed by atoms with E-state index in [2.05, 4.69) is 25.5 Å². The third kappa shape index (κ3) is 5.65. The van der Waals surface area contributed by atoms with Gasteiger partial charge in [0, 0.05) is 12.1 Å². The fourth-order valence-electron chi connectivity index (χ4n) is 9.94. The lowest BCUT2D eigenvalue weighted by molar-refractivity contribution is -0.186. The molecule has 0 saturated heterocycles. The third-order valence-corrected chi connectivity index (χ3v) is 11.9. The van der Waals surface area contributed by atoms with Gasteiger partial charge in [-0.05, 0) is 129 Å². The number of benzene rings is 1. The first-order valence-electron chi connectivity index (χ1n) is 15.3. The Morgan fingerprint density at radius 2 is 1.75 bits per heavy atom. The van der Waals surface area contributed by atoms with Crippen molar-refractivity contribution in [1.82, 2.24) is 0 Å². The molecule has 2 unspecified atom stereocenters. The SMILES string of the molecule is C[C@H](CCC(=O)OCC(F)(F)F)[C@H]1CC[C@H]2[C@@H]3CCC4CC(Oc5ccc(N)cc5N)CC[C@]4(C)[C@H]3CC[C@]12C. The molecule has 1 aromatic rings. The van der Waals surface area contributed by atoms with Gasteiger partial charge < -0.3 is 20.9 Å². The summed E-state index contributed by atoms with van der Waals surface area (Å²) in [4.78, 5) is 11.9. The summed E-state index contributed by atoms with van der Waals surface area (Å²) in [6.07, 6.45) is 7.03. The van der Waals surface area contributed by atoms with Crippen LogP contribution in [0, 0.1) is 46.3 Å². The zero-order valence-electron chi connectivity index (χ0n) is 24.3. The molecule has 4 saturated carbocycles. The van der Waals surface area contributed by atoms with Crippen molar-refractivity contribution >= 4 is 17.3 Å². The smallest absolute Gasteiger partial charge is 0.422 e. The van der Waals surface area contributed by atoms with Crippen molar-refractivity contribution in [1.29, 1.82) is 0 Å². The van der Waals surface area contributed by atoms with Crippen LogP contribution in [0.1, 0.15) is 91.4 Å². The molecule has 0 radical (unpaired) electrons. The molecular formula is C32H47F3N2O3. The molecule has 4 aliphatic carbocycles. The molecule has 0 bridgehead atoms. The minimum absolute atomic E-state index is 0.0611. The third-order valence-electron chi connectivity index (χ3n) is 11.9. The van der Waals surface area contributed by atoms with E-state index in [4.69, 9.17) is 16.2 Å². The van der Waals surface area contributed by atoms with Gasteiger partial charge >= 0.3 is 12.1 Å². The van der Waals surface area contributed by atoms with Gasteiger partial charge in [0.1, 0.15) is 5.75 Å². The Bertz CT molecular complexity index is 1080. The zero-order valence-corrected chi connectivity index (χ0v) is 24.3. The van der Waals surface area contributed by atoms with Gasteiger partial charge in [-0.1, -0.05) is 20.8 Å². The second-order valence-corrected chi connectivity index (χ2v) is 14.0. The van der Waals surface area contributed by atoms with Crippen LogP contribution in [0.3, 0.4) is 0 Å². The van der Waals surface area contributed by atoms with Crippen LogP contribution in [0.5, 0.6) is 5.75 Å². The lowest BCUT2D eigenvalue weighted by Crippen LogP contribution is -2.54. The van der Waals surface area contributed by atoms with Crippen LogP contribution >= 0.6 is 0 Å². The summed E-state index contributed by atoms with van der Waals surface area (Å²) >= 11 is 0. The summed E-state index contributed by atoms with van der Waals surface area (Å²) < 4.78 is 48.1. The molecule has 0 amide bonds. The van der Waals surface area contributed by atoms with E-state index < -0.39 is 18.8 Å². The zero-order chi connectivity index (χ0) is 28.9. The molecule has 4 N–H and O–H groups in total. The molecule has 9 atom stereocenters. The Morgan fingerprint density at radius 3 is 2.48 bits per heavy atom. The van der Waals surface area contributed by atoms with Gasteiger partial charge in [0.15, 0.2) is 6.61 Å². The number of hydrogen-bond acceptors (Lipinski definition) is 5. The number of alkyl halides is 3. The molecule has 8 heteroatoms. The number of fused-ring (bicyclic) bond motifs is 5. The maximum atomic E-state index is 12.4. The first kappa shape index (κ1) is 29.4. The van der Waals surface area contributed by atoms with Crippen molar-refractivity contribution in [3.05, 3.63) is 18.2 Å². The Labute approximate surface area is 236 Å². The van der Waals surface area contributed by atoms with Gasteiger partial charge in [-0.2, -0.15) is 13.2 Å². The number of hydrogen-bond donors (Lipinski definition) is 2. The molecule has 0 aliphatic heterocycles. The number of nitrogens with two attached hydrogens (primary N) is 2. The molecule has 40 heavy (non-hydrogen) atoms. The van der Waals surface area contributed by atoms with E-state index in [0.29, 0.717) is 46.9 Å². The van der Waals surface area contributed by atoms with Crippen LogP contribution in [0.2, 0.25) is 0 Å². The summed E-state index contributed by atoms with van der Waals surface area (Å²) in [5.74, 6) is 3.63. The summed E-state index contributed by atoms with van der Waals surface area (Å²) in [5.41, 5.74) is 13.9. The highest BCUT2D eigenvalue weighted by atomic mass is 19.4. The van der Waals surface area contributed by atoms with Gasteiger partial charge in [-0.25, -0.2) is 0 Å². The standard InChI is InChI=1S/C32H47F3N2O3/c1-19(4-11-29(38)39-18-32(33,34)35)24-8-9-25-23-7-5-20-16-22(40-28-10-6-21(36)17-27(28)37)12-14-30(20,2)26(23)13-15-31(24,25)3/h6,10,17,19-20,22-26H,4-5,7-9,11-16,18,36-37H2,1-3H3/t19-,20?,22?,23+,24-,25+,26+,30+,31-/m1/s1. The molecule has 224 valence electrons. The van der Waals surface area contributed by atoms with E-state index in [9.17, 15) is 18.0 Å². The Hall–Kier alpha value is -2.12. The number of carbonyl (C=O) groups excluding carboxylic acids is 1. The maximum Gasteiger partial charge on any atom is 0.422 e. The van der Waals surface area contributed by atoms with Crippen molar-refractivity contribution in [2.45, 2.75) is 104 Å². The molecule has 4 fully saturated rings. The number of ether oxygens (including phenoxy) is 2. The van der Waals surface area contributed by atoms with Crippen LogP contribution in [0.4, 0.5) is 24.5 Å². The van der Waals surface area contributed by atoms with Crippen LogP contribution in [0.15, 0.2) is 18.2 Å². The summed E-state index contributed by atoms with van der Waals surface area (Å²) in [6.45, 7) is 5.72. The Kier molecular flexibility index (Phi) is 8.03. The molecule has 0 spiro atoms. The van der Waals surface area contributed by atoms with Crippen molar-refractivity contribution in [2.75, 3.05) is 18.1 Å². The van der Waals surface area contributed by atoms with Crippen molar-refractivity contribution in [3.63, 3.8) is 0 Å². The molecule has 5 rings (SSSR count). The summed E-state index contributed by atoms with van der Waals surface area (Å²) in [6, 6.07) is 5.50. The van der Waals surface area contributed by atoms with E-state index in [1.54, 1.807) is 6.07 Å². The predicted octanol–water partition coefficient (Wildman–Crippen LogP) is 7.78. The van der Waals surface area contributed by atoms with Crippen LogP contribution in [-0.2, 0) is 9.53 Å². The minimum Gasteiger partial charge on any atom is -0.488 e. The molecule has 0 aromatic heterocycles. The fraction of sp³-hybridized carbons (Fsp3) is 0.781. The average molecular weight is 565 g/mol.